The van der Waals surface area contributed by atoms with Crippen molar-refractivity contribution in [2.45, 2.75) is 19.0 Å². The van der Waals surface area contributed by atoms with Crippen molar-refractivity contribution in [2.24, 2.45) is 5.73 Å². The van der Waals surface area contributed by atoms with Gasteiger partial charge in [0.25, 0.3) is 5.56 Å². The maximum absolute atomic E-state index is 15.0. The Kier molecular flexibility index (Phi) is 6.83. The number of nitrogens with two attached hydrogens (primary N) is 1. The molecule has 35 heavy (non-hydrogen) atoms. The van der Waals surface area contributed by atoms with E-state index in [9.17, 15) is 18.4 Å². The smallest absolute Gasteiger partial charge is 0.352 e. The highest BCUT2D eigenvalue weighted by molar-refractivity contribution is 5.40. The van der Waals surface area contributed by atoms with Gasteiger partial charge in [0.05, 0.1) is 13.7 Å². The van der Waals surface area contributed by atoms with E-state index >= 15 is 4.39 Å². The highest BCUT2D eigenvalue weighted by atomic mass is 19.1. The van der Waals surface area contributed by atoms with E-state index in [2.05, 4.69) is 5.10 Å². The lowest BCUT2D eigenvalue weighted by Crippen LogP contribution is -2.45. The lowest BCUT2D eigenvalue weighted by atomic mass is 10.1. The Hall–Kier alpha value is -4.18. The van der Waals surface area contributed by atoms with Crippen LogP contribution >= 0.6 is 0 Å². The van der Waals surface area contributed by atoms with Crippen molar-refractivity contribution in [3.8, 4) is 11.4 Å². The van der Waals surface area contributed by atoms with E-state index in [1.165, 1.54) is 31.4 Å². The lowest BCUT2D eigenvalue weighted by Gasteiger charge is -2.17. The Morgan fingerprint density at radius 2 is 1.60 bits per heavy atom. The third-order valence-corrected chi connectivity index (χ3v) is 5.53. The van der Waals surface area contributed by atoms with Gasteiger partial charge in [-0.05, 0) is 29.8 Å². The molecular weight excluding hydrogens is 461 g/mol. The van der Waals surface area contributed by atoms with Gasteiger partial charge in [0.15, 0.2) is 11.6 Å². The average Bonchev–Trinajstić information content (AvgIpc) is 2.86. The highest BCUT2D eigenvalue weighted by Crippen LogP contribution is 2.22. The van der Waals surface area contributed by atoms with Crippen LogP contribution in [0, 0.1) is 17.5 Å². The molecule has 4 aromatic rings. The summed E-state index contributed by atoms with van der Waals surface area (Å²) >= 11 is 0. The Bertz CT molecular complexity index is 1470. The van der Waals surface area contributed by atoms with Crippen molar-refractivity contribution in [3.63, 3.8) is 0 Å². The molecule has 4 rings (SSSR count). The van der Waals surface area contributed by atoms with Crippen molar-refractivity contribution in [1.82, 2.24) is 14.3 Å². The van der Waals surface area contributed by atoms with Crippen LogP contribution in [0.1, 0.15) is 22.9 Å². The van der Waals surface area contributed by atoms with Crippen LogP contribution in [-0.2, 0) is 13.0 Å². The van der Waals surface area contributed by atoms with Crippen LogP contribution in [-0.4, -0.2) is 21.5 Å². The van der Waals surface area contributed by atoms with Crippen molar-refractivity contribution in [3.05, 3.63) is 122 Å². The summed E-state index contributed by atoms with van der Waals surface area (Å²) in [7, 11) is 1.25. The molecule has 1 atom stereocenters. The number of ether oxygens (including phenoxy) is 1. The fourth-order valence-electron chi connectivity index (χ4n) is 3.68. The number of hydrogen-bond donors (Lipinski definition) is 1. The Labute approximate surface area is 197 Å². The number of aromatic nitrogens is 3. The van der Waals surface area contributed by atoms with Gasteiger partial charge in [0.2, 0.25) is 0 Å². The first-order valence-electron chi connectivity index (χ1n) is 10.6. The summed E-state index contributed by atoms with van der Waals surface area (Å²) in [5.74, 6) is -2.82. The SMILES string of the molecule is COc1cccc(-n2nc(Cc3c(F)cccc3F)c(=O)n(CC(N)c3ccccc3)c2=O)c1F. The van der Waals surface area contributed by atoms with Gasteiger partial charge in [-0.15, -0.1) is 0 Å². The minimum atomic E-state index is -0.966. The fraction of sp³-hybridized carbons (Fsp3) is 0.160. The zero-order chi connectivity index (χ0) is 25.1. The van der Waals surface area contributed by atoms with Crippen molar-refractivity contribution < 1.29 is 17.9 Å². The largest absolute Gasteiger partial charge is 0.494 e. The van der Waals surface area contributed by atoms with E-state index in [1.54, 1.807) is 30.3 Å². The van der Waals surface area contributed by atoms with E-state index in [4.69, 9.17) is 10.5 Å². The van der Waals surface area contributed by atoms with Crippen molar-refractivity contribution in [2.75, 3.05) is 7.11 Å². The normalized spacial score (nSPS) is 11.9. The van der Waals surface area contributed by atoms with E-state index in [-0.39, 0.29) is 23.7 Å². The van der Waals surface area contributed by atoms with E-state index in [0.29, 0.717) is 10.2 Å². The van der Waals surface area contributed by atoms with Gasteiger partial charge in [-0.1, -0.05) is 42.5 Å². The molecule has 0 radical (unpaired) electrons. The van der Waals surface area contributed by atoms with Crippen LogP contribution in [0.4, 0.5) is 13.2 Å². The highest BCUT2D eigenvalue weighted by Gasteiger charge is 2.22. The van der Waals surface area contributed by atoms with Crippen LogP contribution in [0.5, 0.6) is 5.75 Å². The Morgan fingerprint density at radius 1 is 0.943 bits per heavy atom. The molecule has 1 unspecified atom stereocenters. The van der Waals surface area contributed by atoms with Crippen LogP contribution < -0.4 is 21.7 Å². The molecule has 0 saturated heterocycles. The number of methoxy groups -OCH3 is 1. The molecule has 0 bridgehead atoms. The van der Waals surface area contributed by atoms with Crippen LogP contribution in [0.3, 0.4) is 0 Å². The van der Waals surface area contributed by atoms with Gasteiger partial charge in [0, 0.05) is 18.0 Å². The molecule has 2 N–H and O–H groups in total. The summed E-state index contributed by atoms with van der Waals surface area (Å²) in [6, 6.07) is 15.3. The molecule has 1 aromatic heterocycles. The van der Waals surface area contributed by atoms with Gasteiger partial charge in [-0.2, -0.15) is 9.78 Å². The van der Waals surface area contributed by atoms with Gasteiger partial charge >= 0.3 is 5.69 Å². The topological polar surface area (TPSA) is 92.1 Å². The molecule has 7 nitrogen and oxygen atoms in total. The first kappa shape index (κ1) is 24.0. The minimum absolute atomic E-state index is 0.156. The molecule has 0 fully saturated rings. The van der Waals surface area contributed by atoms with Crippen LogP contribution in [0.15, 0.2) is 76.3 Å². The molecule has 0 spiro atoms. The second-order valence-electron chi connectivity index (χ2n) is 7.74. The molecule has 0 aliphatic carbocycles. The fourth-order valence-corrected chi connectivity index (χ4v) is 3.68. The van der Waals surface area contributed by atoms with Gasteiger partial charge < -0.3 is 10.5 Å². The van der Waals surface area contributed by atoms with E-state index < -0.39 is 46.7 Å². The summed E-state index contributed by atoms with van der Waals surface area (Å²) < 4.78 is 50.1. The maximum Gasteiger partial charge on any atom is 0.352 e. The zero-order valence-corrected chi connectivity index (χ0v) is 18.6. The van der Waals surface area contributed by atoms with Crippen LogP contribution in [0.2, 0.25) is 0 Å². The predicted octanol–water partition coefficient (Wildman–Crippen LogP) is 3.11. The third-order valence-electron chi connectivity index (χ3n) is 5.53. The quantitative estimate of drug-likeness (QED) is 0.437. The molecule has 180 valence electrons. The van der Waals surface area contributed by atoms with Gasteiger partial charge in [-0.3, -0.25) is 9.36 Å². The second-order valence-corrected chi connectivity index (χ2v) is 7.74. The molecule has 0 aliphatic rings. The van der Waals surface area contributed by atoms with Crippen molar-refractivity contribution in [1.29, 1.82) is 0 Å². The lowest BCUT2D eigenvalue weighted by molar-refractivity contribution is 0.384. The first-order chi connectivity index (χ1) is 16.8. The molecular formula is C25H21F3N4O3. The molecule has 1 heterocycles. The monoisotopic (exact) mass is 482 g/mol. The summed E-state index contributed by atoms with van der Waals surface area (Å²) in [5.41, 5.74) is 3.96. The number of rotatable bonds is 7. The molecule has 0 amide bonds. The van der Waals surface area contributed by atoms with E-state index in [0.717, 1.165) is 16.7 Å². The molecule has 10 heteroatoms. The summed E-state index contributed by atoms with van der Waals surface area (Å²) in [5, 5.41) is 4.00. The number of halogens is 3. The number of nitrogens with zero attached hydrogens (tertiary/aromatic N) is 3. The standard InChI is InChI=1S/C25H21F3N4O3/c1-35-22-12-6-11-21(23(22)28)32-25(34)31(14-19(29)15-7-3-2-4-8-15)24(33)20(30-32)13-16-17(26)9-5-10-18(16)27/h2-12,19H,13-14,29H2,1H3. The first-order valence-corrected chi connectivity index (χ1v) is 10.6. The molecule has 0 saturated carbocycles. The summed E-state index contributed by atoms with van der Waals surface area (Å²) in [4.78, 5) is 26.5. The second kappa shape index (κ2) is 9.98. The van der Waals surface area contributed by atoms with Crippen molar-refractivity contribution >= 4 is 0 Å². The number of hydrogen-bond acceptors (Lipinski definition) is 5. The molecule has 3 aromatic carbocycles. The Morgan fingerprint density at radius 3 is 2.26 bits per heavy atom. The summed E-state index contributed by atoms with van der Waals surface area (Å²) in [6.07, 6.45) is -0.566. The summed E-state index contributed by atoms with van der Waals surface area (Å²) in [6.45, 7) is -0.275. The van der Waals surface area contributed by atoms with Gasteiger partial charge in [0.1, 0.15) is 23.0 Å². The third kappa shape index (κ3) is 4.73. The number of benzene rings is 3. The Balaban J connectivity index is 1.91. The predicted molar refractivity (Wildman–Crippen MR) is 123 cm³/mol. The van der Waals surface area contributed by atoms with Gasteiger partial charge in [-0.25, -0.2) is 18.0 Å². The zero-order valence-electron chi connectivity index (χ0n) is 18.6. The maximum atomic E-state index is 15.0. The molecule has 0 aliphatic heterocycles. The van der Waals surface area contributed by atoms with Crippen LogP contribution in [0.25, 0.3) is 5.69 Å². The average molecular weight is 482 g/mol. The van der Waals surface area contributed by atoms with E-state index in [1.807, 2.05) is 0 Å². The minimum Gasteiger partial charge on any atom is -0.494 e.